The molecule has 14 heavy (non-hydrogen) atoms. The van der Waals surface area contributed by atoms with E-state index < -0.39 is 5.60 Å². The van der Waals surface area contributed by atoms with Crippen molar-refractivity contribution in [1.29, 1.82) is 0 Å². The van der Waals surface area contributed by atoms with E-state index in [4.69, 9.17) is 0 Å². The van der Waals surface area contributed by atoms with E-state index in [0.717, 1.165) is 19.4 Å². The van der Waals surface area contributed by atoms with Gasteiger partial charge in [-0.2, -0.15) is 0 Å². The van der Waals surface area contributed by atoms with Crippen molar-refractivity contribution in [2.24, 2.45) is 5.92 Å². The Morgan fingerprint density at radius 3 is 1.86 bits per heavy atom. The van der Waals surface area contributed by atoms with Crippen LogP contribution in [0.15, 0.2) is 0 Å². The average molecular weight is 201 g/mol. The molecule has 0 radical (unpaired) electrons. The van der Waals surface area contributed by atoms with Crippen molar-refractivity contribution in [3.63, 3.8) is 0 Å². The summed E-state index contributed by atoms with van der Waals surface area (Å²) in [6, 6.07) is 0.527. The van der Waals surface area contributed by atoms with Gasteiger partial charge >= 0.3 is 0 Å². The predicted molar refractivity (Wildman–Crippen MR) is 62.5 cm³/mol. The van der Waals surface area contributed by atoms with Crippen LogP contribution in [0, 0.1) is 5.92 Å². The summed E-state index contributed by atoms with van der Waals surface area (Å²) in [4.78, 5) is 2.26. The second-order valence-electron chi connectivity index (χ2n) is 4.83. The Bertz CT molecular complexity index is 152. The van der Waals surface area contributed by atoms with Gasteiger partial charge in [0.15, 0.2) is 0 Å². The highest BCUT2D eigenvalue weighted by Crippen LogP contribution is 2.18. The normalized spacial score (nSPS) is 15.2. The monoisotopic (exact) mass is 201 g/mol. The van der Waals surface area contributed by atoms with Gasteiger partial charge in [-0.15, -0.1) is 0 Å². The Hall–Kier alpha value is -0.0800. The zero-order valence-corrected chi connectivity index (χ0v) is 10.7. The highest BCUT2D eigenvalue weighted by Gasteiger charge is 2.26. The molecule has 0 saturated heterocycles. The first-order valence-electron chi connectivity index (χ1n) is 5.79. The molecular formula is C12H27NO. The van der Waals surface area contributed by atoms with Gasteiger partial charge in [-0.1, -0.05) is 27.7 Å². The number of likely N-dealkylation sites (N-methyl/N-ethyl adjacent to an activating group) is 1. The summed E-state index contributed by atoms with van der Waals surface area (Å²) in [6.07, 6.45) is 1.66. The molecule has 0 fully saturated rings. The summed E-state index contributed by atoms with van der Waals surface area (Å²) in [5.74, 6) is 0.637. The minimum absolute atomic E-state index is 0.502. The predicted octanol–water partition coefficient (Wildman–Crippen LogP) is 2.51. The molecule has 0 aliphatic heterocycles. The van der Waals surface area contributed by atoms with Crippen LogP contribution in [-0.2, 0) is 0 Å². The van der Waals surface area contributed by atoms with Crippen molar-refractivity contribution in [2.45, 2.75) is 59.1 Å². The molecule has 0 aromatic rings. The van der Waals surface area contributed by atoms with Crippen molar-refractivity contribution >= 4 is 0 Å². The molecule has 2 heteroatoms. The topological polar surface area (TPSA) is 23.5 Å². The second kappa shape index (κ2) is 5.72. The fourth-order valence-electron chi connectivity index (χ4n) is 1.59. The van der Waals surface area contributed by atoms with Crippen LogP contribution in [-0.4, -0.2) is 35.2 Å². The largest absolute Gasteiger partial charge is 0.389 e. The summed E-state index contributed by atoms with van der Waals surface area (Å²) < 4.78 is 0. The molecule has 2 nitrogen and oxygen atoms in total. The van der Waals surface area contributed by atoms with Gasteiger partial charge in [0.1, 0.15) is 0 Å². The second-order valence-corrected chi connectivity index (χ2v) is 4.83. The third-order valence-corrected chi connectivity index (χ3v) is 3.52. The minimum atomic E-state index is -0.502. The van der Waals surface area contributed by atoms with E-state index in [1.807, 2.05) is 0 Å². The van der Waals surface area contributed by atoms with E-state index in [9.17, 15) is 5.11 Å². The Morgan fingerprint density at radius 1 is 1.14 bits per heavy atom. The van der Waals surface area contributed by atoms with Gasteiger partial charge in [0, 0.05) is 12.6 Å². The lowest BCUT2D eigenvalue weighted by molar-refractivity contribution is -0.00984. The lowest BCUT2D eigenvalue weighted by Gasteiger charge is -2.35. The first-order valence-corrected chi connectivity index (χ1v) is 5.79. The molecule has 0 bridgehead atoms. The third kappa shape index (κ3) is 3.97. The highest BCUT2D eigenvalue weighted by molar-refractivity contribution is 4.81. The Morgan fingerprint density at radius 2 is 1.57 bits per heavy atom. The molecule has 0 heterocycles. The first-order chi connectivity index (χ1) is 6.36. The fourth-order valence-corrected chi connectivity index (χ4v) is 1.59. The zero-order chi connectivity index (χ0) is 11.4. The zero-order valence-electron chi connectivity index (χ0n) is 10.7. The van der Waals surface area contributed by atoms with E-state index in [-0.39, 0.29) is 0 Å². The molecule has 86 valence electrons. The molecule has 1 unspecified atom stereocenters. The maximum absolute atomic E-state index is 10.2. The standard InChI is InChI=1S/C12H27NO/c1-7-12(14,8-2)9-13(6)11(5)10(3)4/h10-11,14H,7-9H2,1-6H3. The van der Waals surface area contributed by atoms with E-state index >= 15 is 0 Å². The Balaban J connectivity index is 4.22. The van der Waals surface area contributed by atoms with Crippen molar-refractivity contribution in [2.75, 3.05) is 13.6 Å². The van der Waals surface area contributed by atoms with Crippen LogP contribution in [0.3, 0.4) is 0 Å². The number of hydrogen-bond donors (Lipinski definition) is 1. The summed E-state index contributed by atoms with van der Waals surface area (Å²) in [6.45, 7) is 11.5. The van der Waals surface area contributed by atoms with Crippen molar-refractivity contribution in [3.05, 3.63) is 0 Å². The molecule has 0 saturated carbocycles. The van der Waals surface area contributed by atoms with Crippen LogP contribution in [0.25, 0.3) is 0 Å². The average Bonchev–Trinajstić information content (AvgIpc) is 2.16. The van der Waals surface area contributed by atoms with Gasteiger partial charge in [0.2, 0.25) is 0 Å². The quantitative estimate of drug-likeness (QED) is 0.714. The first kappa shape index (κ1) is 13.9. The number of hydrogen-bond acceptors (Lipinski definition) is 2. The maximum atomic E-state index is 10.2. The molecule has 0 aromatic heterocycles. The van der Waals surface area contributed by atoms with E-state index in [0.29, 0.717) is 12.0 Å². The van der Waals surface area contributed by atoms with Crippen LogP contribution in [0.5, 0.6) is 0 Å². The van der Waals surface area contributed by atoms with E-state index in [1.165, 1.54) is 0 Å². The van der Waals surface area contributed by atoms with Gasteiger partial charge in [-0.05, 0) is 32.7 Å². The summed E-state index contributed by atoms with van der Waals surface area (Å²) in [5.41, 5.74) is -0.502. The third-order valence-electron chi connectivity index (χ3n) is 3.52. The number of rotatable bonds is 6. The van der Waals surface area contributed by atoms with Crippen molar-refractivity contribution < 1.29 is 5.11 Å². The summed E-state index contributed by atoms with van der Waals surface area (Å²) >= 11 is 0. The van der Waals surface area contributed by atoms with Gasteiger partial charge in [0.05, 0.1) is 5.60 Å². The van der Waals surface area contributed by atoms with Crippen LogP contribution < -0.4 is 0 Å². The summed E-state index contributed by atoms with van der Waals surface area (Å²) in [7, 11) is 2.10. The lowest BCUT2D eigenvalue weighted by atomic mass is 9.95. The van der Waals surface area contributed by atoms with E-state index in [2.05, 4.69) is 46.6 Å². The fraction of sp³-hybridized carbons (Fsp3) is 1.00. The van der Waals surface area contributed by atoms with Crippen LogP contribution in [0.4, 0.5) is 0 Å². The van der Waals surface area contributed by atoms with Gasteiger partial charge in [-0.3, -0.25) is 0 Å². The van der Waals surface area contributed by atoms with Gasteiger partial charge in [0.25, 0.3) is 0 Å². The molecule has 0 aliphatic carbocycles. The summed E-state index contributed by atoms with van der Waals surface area (Å²) in [5, 5.41) is 10.2. The molecule has 1 atom stereocenters. The lowest BCUT2D eigenvalue weighted by Crippen LogP contribution is -2.45. The maximum Gasteiger partial charge on any atom is 0.0768 e. The van der Waals surface area contributed by atoms with Gasteiger partial charge < -0.3 is 10.0 Å². The van der Waals surface area contributed by atoms with Crippen molar-refractivity contribution in [3.8, 4) is 0 Å². The molecule has 0 amide bonds. The number of nitrogens with zero attached hydrogens (tertiary/aromatic N) is 1. The minimum Gasteiger partial charge on any atom is -0.389 e. The van der Waals surface area contributed by atoms with Crippen LogP contribution in [0.2, 0.25) is 0 Å². The van der Waals surface area contributed by atoms with Crippen LogP contribution >= 0.6 is 0 Å². The van der Waals surface area contributed by atoms with Gasteiger partial charge in [-0.25, -0.2) is 0 Å². The number of aliphatic hydroxyl groups is 1. The molecule has 0 spiro atoms. The molecule has 0 aromatic carbocycles. The Kier molecular flexibility index (Phi) is 5.68. The molecular weight excluding hydrogens is 174 g/mol. The molecule has 1 N–H and O–H groups in total. The highest BCUT2D eigenvalue weighted by atomic mass is 16.3. The van der Waals surface area contributed by atoms with Crippen molar-refractivity contribution in [1.82, 2.24) is 4.90 Å². The Labute approximate surface area is 89.3 Å². The molecule has 0 aliphatic rings. The SMILES string of the molecule is CCC(O)(CC)CN(C)C(C)C(C)C. The van der Waals surface area contributed by atoms with Crippen LogP contribution in [0.1, 0.15) is 47.5 Å². The van der Waals surface area contributed by atoms with E-state index in [1.54, 1.807) is 0 Å². The smallest absolute Gasteiger partial charge is 0.0768 e. The molecule has 0 rings (SSSR count).